The molecule has 0 unspecified atom stereocenters. The van der Waals surface area contributed by atoms with Crippen LogP contribution in [0.15, 0.2) is 11.4 Å². The van der Waals surface area contributed by atoms with Crippen molar-refractivity contribution in [1.29, 1.82) is 0 Å². The Bertz CT molecular complexity index is 448. The molecule has 2 rings (SSSR count). The number of hydrogen-bond donors (Lipinski definition) is 1. The summed E-state index contributed by atoms with van der Waals surface area (Å²) in [6.45, 7) is 5.85. The van der Waals surface area contributed by atoms with E-state index in [1.807, 2.05) is 0 Å². The maximum Gasteiger partial charge on any atom is 0.243 e. The highest BCUT2D eigenvalue weighted by Crippen LogP contribution is 2.16. The van der Waals surface area contributed by atoms with Gasteiger partial charge in [-0.25, -0.2) is 4.68 Å². The van der Waals surface area contributed by atoms with Gasteiger partial charge in [0.25, 0.3) is 0 Å². The molecule has 0 aromatic carbocycles. The third kappa shape index (κ3) is 2.38. The third-order valence-corrected chi connectivity index (χ3v) is 3.37. The first-order valence-corrected chi connectivity index (χ1v) is 6.22. The van der Waals surface area contributed by atoms with Crippen molar-refractivity contribution in [1.82, 2.24) is 20.2 Å². The number of anilines is 1. The van der Waals surface area contributed by atoms with E-state index < -0.39 is 0 Å². The van der Waals surface area contributed by atoms with E-state index in [0.717, 1.165) is 25.5 Å². The second kappa shape index (κ2) is 5.07. The van der Waals surface area contributed by atoms with E-state index in [4.69, 9.17) is 0 Å². The molecule has 2 aromatic heterocycles. The van der Waals surface area contributed by atoms with Crippen LogP contribution in [0.3, 0.4) is 0 Å². The first-order chi connectivity index (χ1) is 7.81. The number of nitrogens with one attached hydrogen (secondary N) is 1. The molecular formula is C10H15N5S. The van der Waals surface area contributed by atoms with Gasteiger partial charge in [-0.15, -0.1) is 11.3 Å². The third-order valence-electron chi connectivity index (χ3n) is 2.34. The van der Waals surface area contributed by atoms with Crippen LogP contribution in [-0.4, -0.2) is 20.2 Å². The highest BCUT2D eigenvalue weighted by atomic mass is 32.1. The fourth-order valence-electron chi connectivity index (χ4n) is 1.44. The number of tetrazole rings is 1. The molecule has 86 valence electrons. The highest BCUT2D eigenvalue weighted by molar-refractivity contribution is 7.10. The summed E-state index contributed by atoms with van der Waals surface area (Å²) in [7, 11) is 0. The Kier molecular flexibility index (Phi) is 3.51. The molecule has 0 aliphatic heterocycles. The van der Waals surface area contributed by atoms with E-state index in [1.54, 1.807) is 16.0 Å². The number of nitrogens with zero attached hydrogens (tertiary/aromatic N) is 4. The van der Waals surface area contributed by atoms with E-state index in [1.165, 1.54) is 10.4 Å². The Morgan fingerprint density at radius 2 is 2.38 bits per heavy atom. The quantitative estimate of drug-likeness (QED) is 0.865. The number of thiophene rings is 1. The van der Waals surface area contributed by atoms with Crippen LogP contribution in [0, 0.1) is 6.92 Å². The van der Waals surface area contributed by atoms with Gasteiger partial charge >= 0.3 is 0 Å². The average Bonchev–Trinajstić information content (AvgIpc) is 2.86. The van der Waals surface area contributed by atoms with Crippen molar-refractivity contribution in [3.8, 4) is 0 Å². The van der Waals surface area contributed by atoms with Crippen molar-refractivity contribution in [3.05, 3.63) is 21.9 Å². The maximum atomic E-state index is 3.96. The van der Waals surface area contributed by atoms with Crippen LogP contribution in [0.5, 0.6) is 0 Å². The van der Waals surface area contributed by atoms with Crippen LogP contribution in [0.4, 0.5) is 5.95 Å². The van der Waals surface area contributed by atoms with Gasteiger partial charge in [-0.05, 0) is 40.8 Å². The number of aromatic nitrogens is 4. The Hall–Kier alpha value is -1.43. The van der Waals surface area contributed by atoms with Crippen molar-refractivity contribution >= 4 is 17.3 Å². The molecular weight excluding hydrogens is 222 g/mol. The van der Waals surface area contributed by atoms with Crippen LogP contribution in [0.2, 0.25) is 0 Å². The van der Waals surface area contributed by atoms with Crippen LogP contribution in [0.25, 0.3) is 0 Å². The minimum absolute atomic E-state index is 0.745. The van der Waals surface area contributed by atoms with E-state index in [9.17, 15) is 0 Å². The first kappa shape index (κ1) is 11.1. The second-order valence-corrected chi connectivity index (χ2v) is 4.61. The molecule has 2 heterocycles. The molecule has 0 aliphatic carbocycles. The molecule has 0 atom stereocenters. The summed E-state index contributed by atoms with van der Waals surface area (Å²) in [5, 5.41) is 16.9. The van der Waals surface area contributed by atoms with Gasteiger partial charge in [0.15, 0.2) is 0 Å². The molecule has 6 heteroatoms. The minimum atomic E-state index is 0.745. The van der Waals surface area contributed by atoms with Gasteiger partial charge in [0.05, 0.1) is 6.54 Å². The number of aryl methyl sites for hydroxylation is 2. The van der Waals surface area contributed by atoms with Crippen molar-refractivity contribution in [2.24, 2.45) is 0 Å². The standard InChI is InChI=1S/C10H15N5S/c1-3-5-15-10(12-13-14-15)11-7-9-8(2)4-6-16-9/h4,6H,3,5,7H2,1-2H3,(H,11,12,14). The molecule has 0 radical (unpaired) electrons. The van der Waals surface area contributed by atoms with Crippen molar-refractivity contribution in [2.75, 3.05) is 5.32 Å². The lowest BCUT2D eigenvalue weighted by molar-refractivity contribution is 0.582. The Morgan fingerprint density at radius 3 is 3.06 bits per heavy atom. The molecule has 1 N–H and O–H groups in total. The van der Waals surface area contributed by atoms with Gasteiger partial charge in [-0.1, -0.05) is 12.0 Å². The number of rotatable bonds is 5. The lowest BCUT2D eigenvalue weighted by Crippen LogP contribution is -2.08. The zero-order chi connectivity index (χ0) is 11.4. The molecule has 0 saturated carbocycles. The van der Waals surface area contributed by atoms with Crippen molar-refractivity contribution in [2.45, 2.75) is 33.4 Å². The molecule has 0 saturated heterocycles. The summed E-state index contributed by atoms with van der Waals surface area (Å²) >= 11 is 1.75. The van der Waals surface area contributed by atoms with Crippen molar-refractivity contribution < 1.29 is 0 Å². The van der Waals surface area contributed by atoms with Crippen LogP contribution in [0.1, 0.15) is 23.8 Å². The van der Waals surface area contributed by atoms with E-state index in [0.29, 0.717) is 0 Å². The Morgan fingerprint density at radius 1 is 1.50 bits per heavy atom. The first-order valence-electron chi connectivity index (χ1n) is 5.34. The number of hydrogen-bond acceptors (Lipinski definition) is 5. The summed E-state index contributed by atoms with van der Waals surface area (Å²) in [6.07, 6.45) is 1.03. The van der Waals surface area contributed by atoms with Gasteiger partial charge in [0, 0.05) is 11.4 Å². The molecule has 5 nitrogen and oxygen atoms in total. The lowest BCUT2D eigenvalue weighted by Gasteiger charge is -2.05. The summed E-state index contributed by atoms with van der Waals surface area (Å²) < 4.78 is 1.79. The largest absolute Gasteiger partial charge is 0.348 e. The van der Waals surface area contributed by atoms with Gasteiger partial charge in [-0.3, -0.25) is 0 Å². The van der Waals surface area contributed by atoms with Crippen LogP contribution in [-0.2, 0) is 13.1 Å². The normalized spacial score (nSPS) is 10.6. The van der Waals surface area contributed by atoms with Gasteiger partial charge < -0.3 is 5.32 Å². The topological polar surface area (TPSA) is 55.6 Å². The van der Waals surface area contributed by atoms with Crippen LogP contribution >= 0.6 is 11.3 Å². The average molecular weight is 237 g/mol. The Balaban J connectivity index is 1.99. The molecule has 0 fully saturated rings. The van der Waals surface area contributed by atoms with Crippen LogP contribution < -0.4 is 5.32 Å². The minimum Gasteiger partial charge on any atom is -0.348 e. The molecule has 0 amide bonds. The van der Waals surface area contributed by atoms with Gasteiger partial charge in [0.1, 0.15) is 0 Å². The second-order valence-electron chi connectivity index (χ2n) is 3.61. The summed E-state index contributed by atoms with van der Waals surface area (Å²) in [5.41, 5.74) is 1.31. The summed E-state index contributed by atoms with van der Waals surface area (Å²) in [5.74, 6) is 0.745. The summed E-state index contributed by atoms with van der Waals surface area (Å²) in [4.78, 5) is 1.33. The SMILES string of the molecule is CCCn1nnnc1NCc1sccc1C. The fourth-order valence-corrected chi connectivity index (χ4v) is 2.28. The smallest absolute Gasteiger partial charge is 0.243 e. The predicted molar refractivity (Wildman–Crippen MR) is 64.5 cm³/mol. The van der Waals surface area contributed by atoms with Crippen molar-refractivity contribution in [3.63, 3.8) is 0 Å². The molecule has 0 bridgehead atoms. The molecule has 0 spiro atoms. The van der Waals surface area contributed by atoms with Gasteiger partial charge in [0.2, 0.25) is 5.95 Å². The predicted octanol–water partition coefficient (Wildman–Crippen LogP) is 2.07. The van der Waals surface area contributed by atoms with E-state index >= 15 is 0 Å². The lowest BCUT2D eigenvalue weighted by atomic mass is 10.3. The maximum absolute atomic E-state index is 3.96. The molecule has 2 aromatic rings. The zero-order valence-electron chi connectivity index (χ0n) is 9.47. The van der Waals surface area contributed by atoms with Gasteiger partial charge in [-0.2, -0.15) is 0 Å². The fraction of sp³-hybridized carbons (Fsp3) is 0.500. The summed E-state index contributed by atoms with van der Waals surface area (Å²) in [6, 6.07) is 2.12. The van der Waals surface area contributed by atoms with E-state index in [-0.39, 0.29) is 0 Å². The highest BCUT2D eigenvalue weighted by Gasteiger charge is 2.05. The molecule has 16 heavy (non-hydrogen) atoms. The zero-order valence-corrected chi connectivity index (χ0v) is 10.3. The monoisotopic (exact) mass is 237 g/mol. The molecule has 0 aliphatic rings. The Labute approximate surface area is 98.5 Å². The van der Waals surface area contributed by atoms with E-state index in [2.05, 4.69) is 46.1 Å².